The van der Waals surface area contributed by atoms with Crippen LogP contribution < -0.4 is 5.32 Å². The molecule has 4 rings (SSSR count). The Labute approximate surface area is 175 Å². The zero-order valence-electron chi connectivity index (χ0n) is 17.8. The van der Waals surface area contributed by atoms with Gasteiger partial charge in [0.25, 0.3) is 0 Å². The first-order chi connectivity index (χ1) is 14.2. The van der Waals surface area contributed by atoms with Gasteiger partial charge in [-0.15, -0.1) is 0 Å². The fraction of sp³-hybridized carbons (Fsp3) is 0.417. The van der Waals surface area contributed by atoms with Gasteiger partial charge in [-0.2, -0.15) is 0 Å². The van der Waals surface area contributed by atoms with Crippen molar-refractivity contribution in [2.24, 2.45) is 0 Å². The van der Waals surface area contributed by atoms with Gasteiger partial charge in [-0.3, -0.25) is 4.90 Å². The third-order valence-corrected chi connectivity index (χ3v) is 5.81. The van der Waals surface area contributed by atoms with Gasteiger partial charge < -0.3 is 10.3 Å². The van der Waals surface area contributed by atoms with Crippen molar-refractivity contribution in [3.63, 3.8) is 0 Å². The van der Waals surface area contributed by atoms with E-state index < -0.39 is 23.3 Å². The summed E-state index contributed by atoms with van der Waals surface area (Å²) in [5.41, 5.74) is 1.56. The molecule has 2 aromatic carbocycles. The predicted octanol–water partition coefficient (Wildman–Crippen LogP) is 5.96. The Morgan fingerprint density at radius 2 is 1.83 bits per heavy atom. The van der Waals surface area contributed by atoms with Crippen LogP contribution in [0, 0.1) is 11.6 Å². The molecule has 2 atom stereocenters. The van der Waals surface area contributed by atoms with Gasteiger partial charge in [0.15, 0.2) is 0 Å². The molecule has 0 spiro atoms. The number of halogens is 3. The molecule has 0 bridgehead atoms. The molecule has 160 valence electrons. The van der Waals surface area contributed by atoms with E-state index in [-0.39, 0.29) is 18.2 Å². The Hall–Kier alpha value is -2.47. The van der Waals surface area contributed by atoms with Crippen LogP contribution in [0.5, 0.6) is 0 Å². The average molecular weight is 416 g/mol. The average Bonchev–Trinajstić information content (AvgIpc) is 3.01. The maximum Gasteiger partial charge on any atom is 0.133 e. The van der Waals surface area contributed by atoms with E-state index in [4.69, 9.17) is 0 Å². The molecule has 1 aliphatic rings. The number of anilines is 1. The van der Waals surface area contributed by atoms with Crippen molar-refractivity contribution in [3.05, 3.63) is 64.9 Å². The van der Waals surface area contributed by atoms with Crippen molar-refractivity contribution in [1.29, 1.82) is 0 Å². The second-order valence-corrected chi connectivity index (χ2v) is 8.79. The molecule has 2 heterocycles. The number of aromatic nitrogens is 1. The van der Waals surface area contributed by atoms with Crippen LogP contribution in [0.25, 0.3) is 10.9 Å². The summed E-state index contributed by atoms with van der Waals surface area (Å²) in [6, 6.07) is 9.69. The molecule has 0 saturated carbocycles. The zero-order chi connectivity index (χ0) is 21.6. The van der Waals surface area contributed by atoms with Gasteiger partial charge >= 0.3 is 0 Å². The van der Waals surface area contributed by atoms with E-state index >= 15 is 8.78 Å². The van der Waals surface area contributed by atoms with Crippen LogP contribution in [0.3, 0.4) is 0 Å². The summed E-state index contributed by atoms with van der Waals surface area (Å²) in [6.07, 6.45) is 0.685. The number of H-pyrrole nitrogens is 1. The number of alkyl halides is 1. The SMILES string of the molecule is CCNc1cc(F)c(C2c3[nH]c4ccccc4c3CC(C)N2CC(C)(C)F)c(F)c1. The Balaban J connectivity index is 1.93. The van der Waals surface area contributed by atoms with E-state index in [1.807, 2.05) is 43.0 Å². The fourth-order valence-electron chi connectivity index (χ4n) is 4.65. The molecule has 2 unspecified atom stereocenters. The number of hydrogen-bond acceptors (Lipinski definition) is 2. The minimum Gasteiger partial charge on any atom is -0.385 e. The Bertz CT molecular complexity index is 1040. The summed E-state index contributed by atoms with van der Waals surface area (Å²) in [4.78, 5) is 5.26. The number of fused-ring (bicyclic) bond motifs is 3. The van der Waals surface area contributed by atoms with Crippen LogP contribution in [-0.2, 0) is 6.42 Å². The summed E-state index contributed by atoms with van der Waals surface area (Å²) in [7, 11) is 0. The Morgan fingerprint density at radius 1 is 1.17 bits per heavy atom. The molecule has 3 nitrogen and oxygen atoms in total. The van der Waals surface area contributed by atoms with Crippen LogP contribution in [0.15, 0.2) is 36.4 Å². The van der Waals surface area contributed by atoms with Crippen molar-refractivity contribution in [3.8, 4) is 0 Å². The lowest BCUT2D eigenvalue weighted by Crippen LogP contribution is -2.48. The third kappa shape index (κ3) is 3.69. The second-order valence-electron chi connectivity index (χ2n) is 8.79. The van der Waals surface area contributed by atoms with Gasteiger partial charge in [0, 0.05) is 47.0 Å². The summed E-state index contributed by atoms with van der Waals surface area (Å²) in [5, 5.41) is 4.01. The molecule has 0 aliphatic carbocycles. The third-order valence-electron chi connectivity index (χ3n) is 5.81. The van der Waals surface area contributed by atoms with Crippen molar-refractivity contribution in [1.82, 2.24) is 9.88 Å². The summed E-state index contributed by atoms with van der Waals surface area (Å²) >= 11 is 0. The molecular weight excluding hydrogens is 387 g/mol. The second kappa shape index (κ2) is 7.65. The number of aromatic amines is 1. The molecule has 30 heavy (non-hydrogen) atoms. The monoisotopic (exact) mass is 415 g/mol. The quantitative estimate of drug-likeness (QED) is 0.539. The highest BCUT2D eigenvalue weighted by atomic mass is 19.1. The van der Waals surface area contributed by atoms with Crippen LogP contribution in [0.1, 0.15) is 50.6 Å². The zero-order valence-corrected chi connectivity index (χ0v) is 17.8. The van der Waals surface area contributed by atoms with Crippen LogP contribution >= 0.6 is 0 Å². The van der Waals surface area contributed by atoms with Crippen LogP contribution in [0.2, 0.25) is 0 Å². The van der Waals surface area contributed by atoms with Gasteiger partial charge in [-0.25, -0.2) is 13.2 Å². The maximum atomic E-state index is 15.3. The largest absolute Gasteiger partial charge is 0.385 e. The van der Waals surface area contributed by atoms with Gasteiger partial charge in [-0.1, -0.05) is 18.2 Å². The molecule has 1 aliphatic heterocycles. The molecule has 0 amide bonds. The standard InChI is InChI=1S/C24H28F3N3/c1-5-28-15-11-18(25)21(19(26)12-15)23-22-17(16-8-6-7-9-20(16)29-22)10-14(2)30(23)13-24(3,4)27/h6-9,11-12,14,23,28-29H,5,10,13H2,1-4H3. The topological polar surface area (TPSA) is 31.1 Å². The van der Waals surface area contributed by atoms with E-state index in [1.165, 1.54) is 26.0 Å². The Morgan fingerprint density at radius 3 is 2.47 bits per heavy atom. The first kappa shape index (κ1) is 20.8. The molecule has 0 radical (unpaired) electrons. The van der Waals surface area contributed by atoms with Gasteiger partial charge in [0.1, 0.15) is 17.3 Å². The minimum absolute atomic E-state index is 0.0414. The highest BCUT2D eigenvalue weighted by Crippen LogP contribution is 2.43. The van der Waals surface area contributed by atoms with Gasteiger partial charge in [0.2, 0.25) is 0 Å². The molecule has 2 N–H and O–H groups in total. The predicted molar refractivity (Wildman–Crippen MR) is 116 cm³/mol. The van der Waals surface area contributed by atoms with E-state index in [9.17, 15) is 4.39 Å². The Kier molecular flexibility index (Phi) is 5.30. The number of nitrogens with one attached hydrogen (secondary N) is 2. The maximum absolute atomic E-state index is 15.3. The van der Waals surface area contributed by atoms with E-state index in [1.54, 1.807) is 0 Å². The number of rotatable bonds is 5. The summed E-state index contributed by atoms with van der Waals surface area (Å²) in [5.74, 6) is -1.26. The number of hydrogen-bond donors (Lipinski definition) is 2. The molecule has 3 aromatic rings. The highest BCUT2D eigenvalue weighted by Gasteiger charge is 2.40. The lowest BCUT2D eigenvalue weighted by molar-refractivity contribution is 0.0643. The summed E-state index contributed by atoms with van der Waals surface area (Å²) < 4.78 is 45.3. The first-order valence-corrected chi connectivity index (χ1v) is 10.5. The lowest BCUT2D eigenvalue weighted by atomic mass is 9.87. The van der Waals surface area contributed by atoms with Crippen molar-refractivity contribution >= 4 is 16.6 Å². The van der Waals surface area contributed by atoms with Crippen molar-refractivity contribution in [2.75, 3.05) is 18.4 Å². The van der Waals surface area contributed by atoms with Crippen LogP contribution in [-0.4, -0.2) is 34.7 Å². The van der Waals surface area contributed by atoms with E-state index in [0.29, 0.717) is 18.7 Å². The van der Waals surface area contributed by atoms with E-state index in [2.05, 4.69) is 10.3 Å². The number of nitrogens with zero attached hydrogens (tertiary/aromatic N) is 1. The first-order valence-electron chi connectivity index (χ1n) is 10.5. The van der Waals surface area contributed by atoms with Crippen molar-refractivity contribution in [2.45, 2.75) is 51.9 Å². The molecule has 0 saturated heterocycles. The number of para-hydroxylation sites is 1. The molecule has 0 fully saturated rings. The number of benzene rings is 2. The van der Waals surface area contributed by atoms with Crippen LogP contribution in [0.4, 0.5) is 18.9 Å². The van der Waals surface area contributed by atoms with Crippen molar-refractivity contribution < 1.29 is 13.2 Å². The molecule has 1 aromatic heterocycles. The summed E-state index contributed by atoms with van der Waals surface area (Å²) in [6.45, 7) is 7.49. The fourth-order valence-corrected chi connectivity index (χ4v) is 4.65. The van der Waals surface area contributed by atoms with E-state index in [0.717, 1.165) is 22.2 Å². The molecule has 6 heteroatoms. The molecular formula is C24H28F3N3. The lowest BCUT2D eigenvalue weighted by Gasteiger charge is -2.43. The van der Waals surface area contributed by atoms with Gasteiger partial charge in [0.05, 0.1) is 6.04 Å². The normalized spacial score (nSPS) is 19.8. The minimum atomic E-state index is -1.51. The van der Waals surface area contributed by atoms with Gasteiger partial charge in [-0.05, 0) is 57.9 Å². The smallest absolute Gasteiger partial charge is 0.133 e. The highest BCUT2D eigenvalue weighted by molar-refractivity contribution is 5.85.